The van der Waals surface area contributed by atoms with Gasteiger partial charge in [-0.05, 0) is 18.9 Å². The highest BCUT2D eigenvalue weighted by Gasteiger charge is 1.95. The standard InChI is InChI=1S/C17H33N3O7/c1-17(21)3-6-23-8-10-25-12-14-27-16-15-26-13-11-24-9-7-22-5-2-4-19-20-18/h2-16H2,1H3. The fourth-order valence-corrected chi connectivity index (χ4v) is 1.70. The van der Waals surface area contributed by atoms with Gasteiger partial charge in [-0.25, -0.2) is 0 Å². The van der Waals surface area contributed by atoms with Crippen LogP contribution in [0.25, 0.3) is 10.4 Å². The molecule has 0 spiro atoms. The number of Topliss-reactive ketones (excluding diaryl/α,β-unsaturated/α-hetero) is 1. The van der Waals surface area contributed by atoms with E-state index in [1.807, 2.05) is 0 Å². The molecule has 0 heterocycles. The summed E-state index contributed by atoms with van der Waals surface area (Å²) >= 11 is 0. The number of ketones is 1. The van der Waals surface area contributed by atoms with E-state index in [1.54, 1.807) is 6.92 Å². The summed E-state index contributed by atoms with van der Waals surface area (Å²) in [6.07, 6.45) is 1.16. The molecule has 0 aliphatic carbocycles. The molecule has 0 aromatic heterocycles. The van der Waals surface area contributed by atoms with Crippen molar-refractivity contribution < 1.29 is 33.2 Å². The van der Waals surface area contributed by atoms with E-state index in [0.717, 1.165) is 0 Å². The van der Waals surface area contributed by atoms with Gasteiger partial charge in [0, 0.05) is 24.5 Å². The summed E-state index contributed by atoms with van der Waals surface area (Å²) in [6.45, 7) is 8.05. The van der Waals surface area contributed by atoms with E-state index >= 15 is 0 Å². The molecule has 0 N–H and O–H groups in total. The number of hydrogen-bond acceptors (Lipinski definition) is 8. The summed E-state index contributed by atoms with van der Waals surface area (Å²) in [7, 11) is 0. The number of nitrogens with zero attached hydrogens (tertiary/aromatic N) is 3. The van der Waals surface area contributed by atoms with Gasteiger partial charge >= 0.3 is 0 Å². The highest BCUT2D eigenvalue weighted by molar-refractivity contribution is 5.75. The van der Waals surface area contributed by atoms with Crippen molar-refractivity contribution in [3.63, 3.8) is 0 Å². The average molecular weight is 391 g/mol. The van der Waals surface area contributed by atoms with Crippen LogP contribution in [0, 0.1) is 0 Å². The summed E-state index contributed by atoms with van der Waals surface area (Å²) in [5.74, 6) is 0.127. The van der Waals surface area contributed by atoms with Gasteiger partial charge in [0.1, 0.15) is 5.78 Å². The largest absolute Gasteiger partial charge is 0.379 e. The monoisotopic (exact) mass is 391 g/mol. The Morgan fingerprint density at radius 3 is 1.44 bits per heavy atom. The molecule has 0 atom stereocenters. The Hall–Kier alpha value is -1.26. The lowest BCUT2D eigenvalue weighted by Gasteiger charge is -2.08. The zero-order valence-electron chi connectivity index (χ0n) is 16.3. The molecule has 0 bridgehead atoms. The van der Waals surface area contributed by atoms with Crippen LogP contribution >= 0.6 is 0 Å². The van der Waals surface area contributed by atoms with Gasteiger partial charge in [-0.3, -0.25) is 4.79 Å². The van der Waals surface area contributed by atoms with Crippen molar-refractivity contribution in [3.8, 4) is 0 Å². The maximum Gasteiger partial charge on any atom is 0.132 e. The van der Waals surface area contributed by atoms with Gasteiger partial charge in [0.05, 0.1) is 72.7 Å². The number of rotatable bonds is 22. The zero-order chi connectivity index (χ0) is 19.8. The number of carbonyl (C=O) groups is 1. The first-order chi connectivity index (χ1) is 13.3. The Kier molecular flexibility index (Phi) is 21.7. The predicted octanol–water partition coefficient (Wildman–Crippen LogP) is 1.77. The first-order valence-corrected chi connectivity index (χ1v) is 9.24. The number of carbonyl (C=O) groups excluding carboxylic acids is 1. The van der Waals surface area contributed by atoms with Crippen LogP contribution in [0.5, 0.6) is 0 Å². The summed E-state index contributed by atoms with van der Waals surface area (Å²) < 4.78 is 32.0. The normalized spacial score (nSPS) is 10.7. The molecular formula is C17H33N3O7. The zero-order valence-corrected chi connectivity index (χ0v) is 16.3. The van der Waals surface area contributed by atoms with Crippen molar-refractivity contribution in [1.82, 2.24) is 0 Å². The minimum absolute atomic E-state index is 0.127. The fourth-order valence-electron chi connectivity index (χ4n) is 1.70. The summed E-state index contributed by atoms with van der Waals surface area (Å²) in [5, 5.41) is 3.41. The van der Waals surface area contributed by atoms with E-state index in [0.29, 0.717) is 98.7 Å². The van der Waals surface area contributed by atoms with Gasteiger partial charge in [0.2, 0.25) is 0 Å². The molecule has 27 heavy (non-hydrogen) atoms. The van der Waals surface area contributed by atoms with Gasteiger partial charge in [0.15, 0.2) is 0 Å². The molecule has 0 saturated heterocycles. The molecule has 0 unspecified atom stereocenters. The Labute approximate surface area is 161 Å². The van der Waals surface area contributed by atoms with Crippen molar-refractivity contribution >= 4 is 5.78 Å². The Morgan fingerprint density at radius 1 is 0.704 bits per heavy atom. The second-order valence-electron chi connectivity index (χ2n) is 5.43. The van der Waals surface area contributed by atoms with Crippen LogP contribution in [-0.2, 0) is 33.2 Å². The number of hydrogen-bond donors (Lipinski definition) is 0. The fraction of sp³-hybridized carbons (Fsp3) is 0.941. The molecular weight excluding hydrogens is 358 g/mol. The first-order valence-electron chi connectivity index (χ1n) is 9.24. The molecule has 0 radical (unpaired) electrons. The number of ether oxygens (including phenoxy) is 6. The predicted molar refractivity (Wildman–Crippen MR) is 98.8 cm³/mol. The highest BCUT2D eigenvalue weighted by Crippen LogP contribution is 1.88. The second-order valence-corrected chi connectivity index (χ2v) is 5.43. The maximum atomic E-state index is 10.7. The topological polar surface area (TPSA) is 121 Å². The lowest BCUT2D eigenvalue weighted by molar-refractivity contribution is -0.118. The van der Waals surface area contributed by atoms with Gasteiger partial charge in [0.25, 0.3) is 0 Å². The molecule has 0 aromatic rings. The molecule has 0 rings (SSSR count). The third kappa shape index (κ3) is 24.7. The van der Waals surface area contributed by atoms with Crippen molar-refractivity contribution in [2.24, 2.45) is 5.11 Å². The van der Waals surface area contributed by atoms with Crippen LogP contribution in [-0.4, -0.2) is 91.6 Å². The van der Waals surface area contributed by atoms with Crippen LogP contribution in [0.1, 0.15) is 19.8 Å². The highest BCUT2D eigenvalue weighted by atomic mass is 16.6. The molecule has 0 aliphatic rings. The lowest BCUT2D eigenvalue weighted by atomic mass is 10.3. The van der Waals surface area contributed by atoms with Crippen LogP contribution in [0.2, 0.25) is 0 Å². The van der Waals surface area contributed by atoms with E-state index in [2.05, 4.69) is 10.0 Å². The Bertz CT molecular complexity index is 360. The molecule has 10 nitrogen and oxygen atoms in total. The van der Waals surface area contributed by atoms with E-state index in [4.69, 9.17) is 34.0 Å². The van der Waals surface area contributed by atoms with Crippen LogP contribution < -0.4 is 0 Å². The molecule has 0 saturated carbocycles. The lowest BCUT2D eigenvalue weighted by Crippen LogP contribution is -2.14. The molecule has 0 aromatic carbocycles. The van der Waals surface area contributed by atoms with Crippen molar-refractivity contribution in [3.05, 3.63) is 10.4 Å². The van der Waals surface area contributed by atoms with Crippen LogP contribution in [0.4, 0.5) is 0 Å². The summed E-state index contributed by atoms with van der Waals surface area (Å²) in [5.41, 5.74) is 8.10. The van der Waals surface area contributed by atoms with E-state index in [-0.39, 0.29) is 5.78 Å². The smallest absolute Gasteiger partial charge is 0.132 e. The van der Waals surface area contributed by atoms with Crippen LogP contribution in [0.15, 0.2) is 5.11 Å². The van der Waals surface area contributed by atoms with E-state index in [1.165, 1.54) is 0 Å². The van der Waals surface area contributed by atoms with E-state index in [9.17, 15) is 4.79 Å². The Balaban J connectivity index is 3.01. The molecule has 0 amide bonds. The number of azide groups is 1. The molecule has 0 aliphatic heterocycles. The quantitative estimate of drug-likeness (QED) is 0.119. The third-order valence-corrected chi connectivity index (χ3v) is 3.07. The van der Waals surface area contributed by atoms with Gasteiger partial charge in [-0.15, -0.1) is 0 Å². The van der Waals surface area contributed by atoms with Gasteiger partial charge in [-0.2, -0.15) is 0 Å². The molecule has 158 valence electrons. The minimum Gasteiger partial charge on any atom is -0.379 e. The third-order valence-electron chi connectivity index (χ3n) is 3.07. The van der Waals surface area contributed by atoms with Gasteiger partial charge < -0.3 is 28.4 Å². The van der Waals surface area contributed by atoms with Crippen molar-refractivity contribution in [2.75, 3.05) is 85.8 Å². The van der Waals surface area contributed by atoms with Crippen LogP contribution in [0.3, 0.4) is 0 Å². The molecule has 0 fully saturated rings. The van der Waals surface area contributed by atoms with Crippen molar-refractivity contribution in [2.45, 2.75) is 19.8 Å². The Morgan fingerprint density at radius 2 is 1.07 bits per heavy atom. The minimum atomic E-state index is 0.127. The van der Waals surface area contributed by atoms with Gasteiger partial charge in [-0.1, -0.05) is 5.11 Å². The van der Waals surface area contributed by atoms with Crippen molar-refractivity contribution in [1.29, 1.82) is 0 Å². The maximum absolute atomic E-state index is 10.7. The summed E-state index contributed by atoms with van der Waals surface area (Å²) in [4.78, 5) is 13.4. The van der Waals surface area contributed by atoms with E-state index < -0.39 is 0 Å². The first kappa shape index (κ1) is 25.7. The second kappa shape index (κ2) is 22.8. The molecule has 10 heteroatoms. The average Bonchev–Trinajstić information content (AvgIpc) is 2.65. The summed E-state index contributed by atoms with van der Waals surface area (Å²) in [6, 6.07) is 0. The SMILES string of the molecule is CC(=O)CCOCCOCCOCCOCCOCCOCCCN=[N+]=[N-].